The average molecular weight is 207 g/mol. The van der Waals surface area contributed by atoms with Crippen LogP contribution in [0.1, 0.15) is 13.8 Å². The molecule has 1 rings (SSSR count). The van der Waals surface area contributed by atoms with Gasteiger partial charge in [-0.05, 0) is 32.0 Å². The molecule has 4 heteroatoms. The highest BCUT2D eigenvalue weighted by Gasteiger charge is 2.17. The highest BCUT2D eigenvalue weighted by atomic mass is 16.1. The molecule has 0 aromatic heterocycles. The number of carbonyl (C=O) groups is 1. The lowest BCUT2D eigenvalue weighted by molar-refractivity contribution is -0.118. The van der Waals surface area contributed by atoms with E-state index in [0.717, 1.165) is 5.69 Å². The third-order valence-corrected chi connectivity index (χ3v) is 2.42. The van der Waals surface area contributed by atoms with Crippen molar-refractivity contribution < 1.29 is 4.79 Å². The van der Waals surface area contributed by atoms with Gasteiger partial charge in [-0.1, -0.05) is 6.07 Å². The van der Waals surface area contributed by atoms with Gasteiger partial charge in [0, 0.05) is 17.9 Å². The van der Waals surface area contributed by atoms with Crippen LogP contribution in [0.25, 0.3) is 0 Å². The van der Waals surface area contributed by atoms with Gasteiger partial charge in [0.2, 0.25) is 5.91 Å². The van der Waals surface area contributed by atoms with Crippen molar-refractivity contribution in [3.63, 3.8) is 0 Å². The standard InChI is InChI=1S/C11H17N3O/c1-3-14(8(2)11(13)15)10-6-4-5-9(12)7-10/h4-8H,3,12H2,1-2H3,(H2,13,15). The molecule has 1 aromatic carbocycles. The molecule has 0 aliphatic heterocycles. The fourth-order valence-corrected chi connectivity index (χ4v) is 1.54. The number of benzene rings is 1. The van der Waals surface area contributed by atoms with Crippen molar-refractivity contribution in [3.05, 3.63) is 24.3 Å². The molecule has 0 saturated heterocycles. The van der Waals surface area contributed by atoms with Crippen molar-refractivity contribution in [2.75, 3.05) is 17.2 Å². The van der Waals surface area contributed by atoms with Crippen LogP contribution in [-0.4, -0.2) is 18.5 Å². The van der Waals surface area contributed by atoms with Crippen molar-refractivity contribution in [3.8, 4) is 0 Å². The summed E-state index contributed by atoms with van der Waals surface area (Å²) in [5, 5.41) is 0. The number of amides is 1. The first-order valence-electron chi connectivity index (χ1n) is 4.97. The summed E-state index contributed by atoms with van der Waals surface area (Å²) < 4.78 is 0. The van der Waals surface area contributed by atoms with Crippen molar-refractivity contribution in [2.24, 2.45) is 5.73 Å². The minimum Gasteiger partial charge on any atom is -0.399 e. The number of primary amides is 1. The Morgan fingerprint density at radius 1 is 1.53 bits per heavy atom. The quantitative estimate of drug-likeness (QED) is 0.722. The summed E-state index contributed by atoms with van der Waals surface area (Å²) in [6.45, 7) is 4.48. The third-order valence-electron chi connectivity index (χ3n) is 2.42. The zero-order valence-corrected chi connectivity index (χ0v) is 9.10. The summed E-state index contributed by atoms with van der Waals surface area (Å²) in [7, 11) is 0. The molecule has 0 fully saturated rings. The van der Waals surface area contributed by atoms with Crippen LogP contribution in [0.2, 0.25) is 0 Å². The fraction of sp³-hybridized carbons (Fsp3) is 0.364. The van der Waals surface area contributed by atoms with Gasteiger partial charge in [-0.3, -0.25) is 4.79 Å². The number of hydrogen-bond donors (Lipinski definition) is 2. The number of nitrogens with two attached hydrogens (primary N) is 2. The van der Waals surface area contributed by atoms with Crippen molar-refractivity contribution >= 4 is 17.3 Å². The Kier molecular flexibility index (Phi) is 3.55. The molecule has 1 unspecified atom stereocenters. The second-order valence-corrected chi connectivity index (χ2v) is 3.46. The number of hydrogen-bond acceptors (Lipinski definition) is 3. The maximum atomic E-state index is 11.1. The molecule has 1 aromatic rings. The van der Waals surface area contributed by atoms with Crippen LogP contribution in [0.4, 0.5) is 11.4 Å². The first-order valence-corrected chi connectivity index (χ1v) is 4.97. The van der Waals surface area contributed by atoms with Gasteiger partial charge >= 0.3 is 0 Å². The van der Waals surface area contributed by atoms with Gasteiger partial charge in [0.1, 0.15) is 6.04 Å². The zero-order valence-electron chi connectivity index (χ0n) is 9.10. The van der Waals surface area contributed by atoms with E-state index in [4.69, 9.17) is 11.5 Å². The first kappa shape index (κ1) is 11.4. The van der Waals surface area contributed by atoms with Crippen molar-refractivity contribution in [1.29, 1.82) is 0 Å². The lowest BCUT2D eigenvalue weighted by atomic mass is 10.2. The predicted molar refractivity (Wildman–Crippen MR) is 62.5 cm³/mol. The summed E-state index contributed by atoms with van der Waals surface area (Å²) in [5.41, 5.74) is 12.6. The van der Waals surface area contributed by atoms with E-state index < -0.39 is 0 Å². The minimum absolute atomic E-state index is 0.322. The van der Waals surface area contributed by atoms with Gasteiger partial charge in [0.05, 0.1) is 0 Å². The molecule has 15 heavy (non-hydrogen) atoms. The molecule has 0 bridgehead atoms. The van der Waals surface area contributed by atoms with Crippen LogP contribution in [0.3, 0.4) is 0 Å². The summed E-state index contributed by atoms with van der Waals surface area (Å²) in [6.07, 6.45) is 0. The molecular formula is C11H17N3O. The number of anilines is 2. The molecule has 0 spiro atoms. The van der Waals surface area contributed by atoms with Gasteiger partial charge in [-0.15, -0.1) is 0 Å². The molecule has 0 heterocycles. The number of rotatable bonds is 4. The molecule has 1 atom stereocenters. The van der Waals surface area contributed by atoms with Gasteiger partial charge in [0.15, 0.2) is 0 Å². The molecule has 4 N–H and O–H groups in total. The normalized spacial score (nSPS) is 12.1. The molecule has 0 saturated carbocycles. The zero-order chi connectivity index (χ0) is 11.4. The maximum Gasteiger partial charge on any atom is 0.239 e. The summed E-state index contributed by atoms with van der Waals surface area (Å²) in [4.78, 5) is 13.0. The van der Waals surface area contributed by atoms with Gasteiger partial charge in [-0.2, -0.15) is 0 Å². The van der Waals surface area contributed by atoms with E-state index in [-0.39, 0.29) is 11.9 Å². The van der Waals surface area contributed by atoms with Crippen molar-refractivity contribution in [2.45, 2.75) is 19.9 Å². The highest BCUT2D eigenvalue weighted by Crippen LogP contribution is 2.19. The second-order valence-electron chi connectivity index (χ2n) is 3.46. The number of likely N-dealkylation sites (N-methyl/N-ethyl adjacent to an activating group) is 1. The Balaban J connectivity index is 2.97. The molecular weight excluding hydrogens is 190 g/mol. The minimum atomic E-state index is -0.334. The third kappa shape index (κ3) is 2.62. The smallest absolute Gasteiger partial charge is 0.239 e. The van der Waals surface area contributed by atoms with E-state index in [9.17, 15) is 4.79 Å². The number of nitrogen functional groups attached to an aromatic ring is 1. The van der Waals surface area contributed by atoms with E-state index in [1.807, 2.05) is 36.1 Å². The topological polar surface area (TPSA) is 72.3 Å². The van der Waals surface area contributed by atoms with Crippen LogP contribution in [0.5, 0.6) is 0 Å². The van der Waals surface area contributed by atoms with E-state index in [1.54, 1.807) is 6.92 Å². The molecule has 0 radical (unpaired) electrons. The van der Waals surface area contributed by atoms with Crippen LogP contribution >= 0.6 is 0 Å². The van der Waals surface area contributed by atoms with Crippen LogP contribution in [-0.2, 0) is 4.79 Å². The lowest BCUT2D eigenvalue weighted by Gasteiger charge is -2.28. The molecule has 1 amide bonds. The molecule has 82 valence electrons. The summed E-state index contributed by atoms with van der Waals surface area (Å²) in [5.74, 6) is -0.334. The van der Waals surface area contributed by atoms with E-state index in [0.29, 0.717) is 12.2 Å². The Hall–Kier alpha value is -1.71. The Morgan fingerprint density at radius 3 is 2.67 bits per heavy atom. The number of nitrogens with zero attached hydrogens (tertiary/aromatic N) is 1. The summed E-state index contributed by atoms with van der Waals surface area (Å²) >= 11 is 0. The fourth-order valence-electron chi connectivity index (χ4n) is 1.54. The van der Waals surface area contributed by atoms with Gasteiger partial charge in [-0.25, -0.2) is 0 Å². The highest BCUT2D eigenvalue weighted by molar-refractivity contribution is 5.83. The molecule has 0 aliphatic carbocycles. The maximum absolute atomic E-state index is 11.1. The predicted octanol–water partition coefficient (Wildman–Crippen LogP) is 0.969. The van der Waals surface area contributed by atoms with Gasteiger partial charge in [0.25, 0.3) is 0 Å². The lowest BCUT2D eigenvalue weighted by Crippen LogP contribution is -2.42. The number of carbonyl (C=O) groups excluding carboxylic acids is 1. The van der Waals surface area contributed by atoms with E-state index in [1.165, 1.54) is 0 Å². The largest absolute Gasteiger partial charge is 0.399 e. The Labute approximate surface area is 89.9 Å². The monoisotopic (exact) mass is 207 g/mol. The molecule has 0 aliphatic rings. The Bertz CT molecular complexity index is 351. The van der Waals surface area contributed by atoms with E-state index >= 15 is 0 Å². The Morgan fingerprint density at radius 2 is 2.20 bits per heavy atom. The summed E-state index contributed by atoms with van der Waals surface area (Å²) in [6, 6.07) is 7.10. The molecule has 4 nitrogen and oxygen atoms in total. The van der Waals surface area contributed by atoms with Crippen LogP contribution in [0.15, 0.2) is 24.3 Å². The average Bonchev–Trinajstić information content (AvgIpc) is 2.18. The van der Waals surface area contributed by atoms with Gasteiger partial charge < -0.3 is 16.4 Å². The van der Waals surface area contributed by atoms with E-state index in [2.05, 4.69) is 0 Å². The first-order chi connectivity index (χ1) is 7.06. The SMILES string of the molecule is CCN(c1cccc(N)c1)C(C)C(N)=O. The van der Waals surface area contributed by atoms with Crippen LogP contribution in [0, 0.1) is 0 Å². The van der Waals surface area contributed by atoms with Crippen LogP contribution < -0.4 is 16.4 Å². The van der Waals surface area contributed by atoms with Crippen molar-refractivity contribution in [1.82, 2.24) is 0 Å². The second kappa shape index (κ2) is 4.68.